The van der Waals surface area contributed by atoms with Crippen molar-refractivity contribution in [3.05, 3.63) is 29.3 Å². The van der Waals surface area contributed by atoms with Crippen LogP contribution in [0.3, 0.4) is 0 Å². The maximum atomic E-state index is 13.5. The topological polar surface area (TPSA) is 102 Å². The summed E-state index contributed by atoms with van der Waals surface area (Å²) in [5, 5.41) is 10.8. The standard InChI is InChI=1S/C12H14F2N2O4/c1-20-3-2-9(15)11(17)16-10-4-6(12(18)19)7(13)5-8(10)14/h4-5,9H,2-3,15H2,1H3,(H,16,17)(H,18,19). The lowest BCUT2D eigenvalue weighted by atomic mass is 10.1. The van der Waals surface area contributed by atoms with E-state index >= 15 is 0 Å². The monoisotopic (exact) mass is 288 g/mol. The predicted octanol–water partition coefficient (Wildman–Crippen LogP) is 0.965. The Morgan fingerprint density at radius 2 is 2.05 bits per heavy atom. The van der Waals surface area contributed by atoms with E-state index in [1.807, 2.05) is 0 Å². The molecule has 0 saturated carbocycles. The Morgan fingerprint density at radius 1 is 1.40 bits per heavy atom. The lowest BCUT2D eigenvalue weighted by Gasteiger charge is -2.13. The van der Waals surface area contributed by atoms with Crippen molar-refractivity contribution in [2.45, 2.75) is 12.5 Å². The van der Waals surface area contributed by atoms with Crippen LogP contribution in [-0.2, 0) is 9.53 Å². The van der Waals surface area contributed by atoms with Gasteiger partial charge in [0.15, 0.2) is 0 Å². The molecule has 8 heteroatoms. The van der Waals surface area contributed by atoms with Gasteiger partial charge in [0, 0.05) is 19.8 Å². The van der Waals surface area contributed by atoms with Crippen molar-refractivity contribution in [1.82, 2.24) is 0 Å². The van der Waals surface area contributed by atoms with Crippen LogP contribution in [0.5, 0.6) is 0 Å². The number of carboxylic acid groups (broad SMARTS) is 1. The second-order valence-electron chi connectivity index (χ2n) is 3.99. The normalized spacial score (nSPS) is 12.0. The van der Waals surface area contributed by atoms with E-state index in [9.17, 15) is 18.4 Å². The van der Waals surface area contributed by atoms with Crippen LogP contribution in [0.4, 0.5) is 14.5 Å². The van der Waals surface area contributed by atoms with Crippen LogP contribution in [0.1, 0.15) is 16.8 Å². The average molecular weight is 288 g/mol. The summed E-state index contributed by atoms with van der Waals surface area (Å²) < 4.78 is 31.4. The molecule has 6 nitrogen and oxygen atoms in total. The number of carbonyl (C=O) groups is 2. The molecule has 20 heavy (non-hydrogen) atoms. The number of nitrogens with one attached hydrogen (secondary N) is 1. The van der Waals surface area contributed by atoms with Gasteiger partial charge in [-0.15, -0.1) is 0 Å². The molecule has 4 N–H and O–H groups in total. The summed E-state index contributed by atoms with van der Waals surface area (Å²) in [6.07, 6.45) is 0.205. The summed E-state index contributed by atoms with van der Waals surface area (Å²) >= 11 is 0. The molecule has 0 aliphatic carbocycles. The SMILES string of the molecule is COCCC(N)C(=O)Nc1cc(C(=O)O)c(F)cc1F. The van der Waals surface area contributed by atoms with Gasteiger partial charge in [-0.25, -0.2) is 13.6 Å². The molecule has 0 aliphatic heterocycles. The van der Waals surface area contributed by atoms with Gasteiger partial charge < -0.3 is 20.9 Å². The molecule has 0 heterocycles. The summed E-state index contributed by atoms with van der Waals surface area (Å²) in [7, 11) is 1.43. The van der Waals surface area contributed by atoms with Gasteiger partial charge in [0.1, 0.15) is 11.6 Å². The van der Waals surface area contributed by atoms with Crippen LogP contribution in [0.2, 0.25) is 0 Å². The van der Waals surface area contributed by atoms with Gasteiger partial charge in [-0.05, 0) is 12.5 Å². The molecule has 0 radical (unpaired) electrons. The van der Waals surface area contributed by atoms with Crippen LogP contribution in [0.15, 0.2) is 12.1 Å². The first-order chi connectivity index (χ1) is 9.36. The number of ether oxygens (including phenoxy) is 1. The Morgan fingerprint density at radius 3 is 2.60 bits per heavy atom. The number of benzene rings is 1. The molecule has 1 atom stereocenters. The zero-order chi connectivity index (χ0) is 15.3. The number of hydrogen-bond donors (Lipinski definition) is 3. The van der Waals surface area contributed by atoms with Gasteiger partial charge >= 0.3 is 5.97 Å². The molecule has 0 aromatic heterocycles. The molecule has 1 rings (SSSR count). The molecule has 0 aliphatic rings. The minimum Gasteiger partial charge on any atom is -0.478 e. The van der Waals surface area contributed by atoms with Crippen LogP contribution in [0.25, 0.3) is 0 Å². The smallest absolute Gasteiger partial charge is 0.338 e. The maximum absolute atomic E-state index is 13.5. The summed E-state index contributed by atoms with van der Waals surface area (Å²) in [5.41, 5.74) is 4.34. The third kappa shape index (κ3) is 3.97. The number of carboxylic acids is 1. The van der Waals surface area contributed by atoms with Gasteiger partial charge in [-0.2, -0.15) is 0 Å². The van der Waals surface area contributed by atoms with Crippen molar-refractivity contribution in [2.24, 2.45) is 5.73 Å². The van der Waals surface area contributed by atoms with Crippen molar-refractivity contribution >= 4 is 17.6 Å². The van der Waals surface area contributed by atoms with Crippen molar-refractivity contribution in [3.8, 4) is 0 Å². The van der Waals surface area contributed by atoms with E-state index in [1.54, 1.807) is 0 Å². The van der Waals surface area contributed by atoms with E-state index in [2.05, 4.69) is 5.32 Å². The molecule has 1 amide bonds. The van der Waals surface area contributed by atoms with E-state index in [4.69, 9.17) is 15.6 Å². The highest BCUT2D eigenvalue weighted by Crippen LogP contribution is 2.20. The van der Waals surface area contributed by atoms with Crippen molar-refractivity contribution in [2.75, 3.05) is 19.0 Å². The Kier molecular flexibility index (Phi) is 5.53. The fraction of sp³-hybridized carbons (Fsp3) is 0.333. The quantitative estimate of drug-likeness (QED) is 0.724. The van der Waals surface area contributed by atoms with E-state index < -0.39 is 40.8 Å². The first kappa shape index (κ1) is 16.0. The first-order valence-corrected chi connectivity index (χ1v) is 5.64. The highest BCUT2D eigenvalue weighted by molar-refractivity contribution is 5.96. The van der Waals surface area contributed by atoms with E-state index in [1.165, 1.54) is 7.11 Å². The second kappa shape index (κ2) is 6.92. The van der Waals surface area contributed by atoms with Gasteiger partial charge in [-0.3, -0.25) is 4.79 Å². The lowest BCUT2D eigenvalue weighted by molar-refractivity contribution is -0.117. The highest BCUT2D eigenvalue weighted by atomic mass is 19.1. The van der Waals surface area contributed by atoms with Gasteiger partial charge in [0.2, 0.25) is 5.91 Å². The third-order valence-corrected chi connectivity index (χ3v) is 2.51. The summed E-state index contributed by atoms with van der Waals surface area (Å²) in [5.74, 6) is -4.60. The Labute approximate surface area is 113 Å². The molecule has 0 spiro atoms. The number of rotatable bonds is 6. The zero-order valence-electron chi connectivity index (χ0n) is 10.7. The van der Waals surface area contributed by atoms with Gasteiger partial charge in [0.05, 0.1) is 17.3 Å². The molecule has 1 aromatic rings. The number of methoxy groups -OCH3 is 1. The third-order valence-electron chi connectivity index (χ3n) is 2.51. The summed E-state index contributed by atoms with van der Waals surface area (Å²) in [6, 6.07) is 0.140. The van der Waals surface area contributed by atoms with Crippen LogP contribution < -0.4 is 11.1 Å². The molecular formula is C12H14F2N2O4. The molecule has 1 unspecified atom stereocenters. The molecule has 0 bridgehead atoms. The summed E-state index contributed by atoms with van der Waals surface area (Å²) in [6.45, 7) is 0.237. The van der Waals surface area contributed by atoms with Gasteiger partial charge in [0.25, 0.3) is 0 Å². The lowest BCUT2D eigenvalue weighted by Crippen LogP contribution is -2.36. The molecular weight excluding hydrogens is 274 g/mol. The number of carbonyl (C=O) groups excluding carboxylic acids is 1. The second-order valence-corrected chi connectivity index (χ2v) is 3.99. The average Bonchev–Trinajstić information content (AvgIpc) is 2.38. The minimum atomic E-state index is -1.57. The van der Waals surface area contributed by atoms with Crippen molar-refractivity contribution < 1.29 is 28.2 Å². The minimum absolute atomic E-state index is 0.205. The van der Waals surface area contributed by atoms with Crippen molar-refractivity contribution in [1.29, 1.82) is 0 Å². The largest absolute Gasteiger partial charge is 0.478 e. The zero-order valence-corrected chi connectivity index (χ0v) is 10.7. The number of aromatic carboxylic acids is 1. The van der Waals surface area contributed by atoms with Crippen molar-refractivity contribution in [3.63, 3.8) is 0 Å². The Hall–Kier alpha value is -2.06. The summed E-state index contributed by atoms with van der Waals surface area (Å²) in [4.78, 5) is 22.4. The predicted molar refractivity (Wildman–Crippen MR) is 66.4 cm³/mol. The molecule has 1 aromatic carbocycles. The molecule has 0 saturated heterocycles. The fourth-order valence-corrected chi connectivity index (χ4v) is 1.41. The molecule has 110 valence electrons. The number of halogens is 2. The van der Waals surface area contributed by atoms with Crippen LogP contribution in [-0.4, -0.2) is 36.7 Å². The number of hydrogen-bond acceptors (Lipinski definition) is 4. The van der Waals surface area contributed by atoms with E-state index in [0.717, 1.165) is 0 Å². The highest BCUT2D eigenvalue weighted by Gasteiger charge is 2.19. The van der Waals surface area contributed by atoms with Crippen LogP contribution in [0, 0.1) is 11.6 Å². The maximum Gasteiger partial charge on any atom is 0.338 e. The van der Waals surface area contributed by atoms with Crippen LogP contribution >= 0.6 is 0 Å². The fourth-order valence-electron chi connectivity index (χ4n) is 1.41. The van der Waals surface area contributed by atoms with Gasteiger partial charge in [-0.1, -0.05) is 0 Å². The first-order valence-electron chi connectivity index (χ1n) is 5.64. The number of amides is 1. The number of nitrogens with two attached hydrogens (primary N) is 1. The molecule has 0 fully saturated rings. The Bertz CT molecular complexity index is 522. The number of anilines is 1. The Balaban J connectivity index is 2.89. The van der Waals surface area contributed by atoms with E-state index in [-0.39, 0.29) is 13.0 Å². The van der Waals surface area contributed by atoms with E-state index in [0.29, 0.717) is 12.1 Å².